The van der Waals surface area contributed by atoms with E-state index in [-0.39, 0.29) is 0 Å². The van der Waals surface area contributed by atoms with Crippen LogP contribution in [0, 0.1) is 0 Å². The summed E-state index contributed by atoms with van der Waals surface area (Å²) in [5, 5.41) is 3.56. The molecule has 1 N–H and O–H groups in total. The normalized spacial score (nSPS) is 34.8. The van der Waals surface area contributed by atoms with Gasteiger partial charge in [0.05, 0.1) is 13.2 Å². The Morgan fingerprint density at radius 2 is 2.00 bits per heavy atom. The summed E-state index contributed by atoms with van der Waals surface area (Å²) in [6.07, 6.45) is 3.83. The van der Waals surface area contributed by atoms with E-state index in [9.17, 15) is 0 Å². The highest BCUT2D eigenvalue weighted by Gasteiger charge is 2.36. The second-order valence-electron chi connectivity index (χ2n) is 6.54. The van der Waals surface area contributed by atoms with Gasteiger partial charge in [-0.05, 0) is 44.7 Å². The number of morpholine rings is 1. The first-order chi connectivity index (χ1) is 10.3. The fourth-order valence-electron chi connectivity index (χ4n) is 4.11. The molecule has 3 rings (SSSR count). The van der Waals surface area contributed by atoms with Crippen molar-refractivity contribution in [2.45, 2.75) is 50.2 Å². The molecule has 3 heteroatoms. The summed E-state index contributed by atoms with van der Waals surface area (Å²) in [7, 11) is 2.12. The molecule has 1 aromatic carbocycles. The van der Waals surface area contributed by atoms with Crippen LogP contribution in [0.5, 0.6) is 0 Å². The topological polar surface area (TPSA) is 24.5 Å². The van der Waals surface area contributed by atoms with Crippen LogP contribution in [-0.4, -0.2) is 49.8 Å². The summed E-state index contributed by atoms with van der Waals surface area (Å²) < 4.78 is 5.62. The van der Waals surface area contributed by atoms with Gasteiger partial charge in [0.2, 0.25) is 0 Å². The van der Waals surface area contributed by atoms with Gasteiger partial charge in [0.25, 0.3) is 0 Å². The zero-order valence-corrected chi connectivity index (χ0v) is 13.3. The van der Waals surface area contributed by atoms with Gasteiger partial charge in [-0.15, -0.1) is 0 Å². The Morgan fingerprint density at radius 3 is 2.71 bits per heavy atom. The molecule has 2 fully saturated rings. The molecule has 1 aromatic rings. The van der Waals surface area contributed by atoms with E-state index in [1.807, 2.05) is 0 Å². The molecule has 4 unspecified atom stereocenters. The number of hydrogen-bond acceptors (Lipinski definition) is 3. The molecule has 116 valence electrons. The first-order valence-electron chi connectivity index (χ1n) is 8.35. The van der Waals surface area contributed by atoms with Gasteiger partial charge in [-0.25, -0.2) is 0 Å². The average Bonchev–Trinajstić information content (AvgIpc) is 2.55. The second kappa shape index (κ2) is 6.91. The monoisotopic (exact) mass is 288 g/mol. The lowest BCUT2D eigenvalue weighted by Crippen LogP contribution is -2.58. The zero-order valence-electron chi connectivity index (χ0n) is 13.3. The number of hydrogen-bond donors (Lipinski definition) is 1. The van der Waals surface area contributed by atoms with E-state index in [1.54, 1.807) is 0 Å². The van der Waals surface area contributed by atoms with Crippen LogP contribution in [0.4, 0.5) is 0 Å². The third-order valence-electron chi connectivity index (χ3n) is 5.30. The van der Waals surface area contributed by atoms with Gasteiger partial charge >= 0.3 is 0 Å². The Bertz CT molecular complexity index is 436. The van der Waals surface area contributed by atoms with Crippen LogP contribution < -0.4 is 5.32 Å². The number of nitrogens with one attached hydrogen (secondary N) is 1. The van der Waals surface area contributed by atoms with Crippen LogP contribution in [0.15, 0.2) is 30.3 Å². The largest absolute Gasteiger partial charge is 0.379 e. The number of likely N-dealkylation sites (N-methyl/N-ethyl adjacent to an activating group) is 1. The van der Waals surface area contributed by atoms with E-state index in [4.69, 9.17) is 4.74 Å². The molecule has 0 radical (unpaired) electrons. The standard InChI is InChI=1S/C18H28N2O/c1-14-13-21-11-10-20(14)18-12-16(8-9-17(18)19-2)15-6-4-3-5-7-15/h3-7,14,16-19H,8-13H2,1-2H3. The van der Waals surface area contributed by atoms with Gasteiger partial charge in [-0.3, -0.25) is 4.90 Å². The summed E-state index contributed by atoms with van der Waals surface area (Å²) in [6, 6.07) is 12.8. The Labute approximate surface area is 128 Å². The van der Waals surface area contributed by atoms with E-state index in [2.05, 4.69) is 54.5 Å². The smallest absolute Gasteiger partial charge is 0.0619 e. The van der Waals surface area contributed by atoms with Crippen molar-refractivity contribution in [1.29, 1.82) is 0 Å². The van der Waals surface area contributed by atoms with Crippen molar-refractivity contribution >= 4 is 0 Å². The molecular weight excluding hydrogens is 260 g/mol. The molecule has 0 spiro atoms. The molecule has 4 atom stereocenters. The molecule has 0 bridgehead atoms. The minimum absolute atomic E-state index is 0.536. The lowest BCUT2D eigenvalue weighted by molar-refractivity contribution is -0.0381. The minimum atomic E-state index is 0.536. The molecule has 3 nitrogen and oxygen atoms in total. The van der Waals surface area contributed by atoms with E-state index in [0.29, 0.717) is 24.0 Å². The Balaban J connectivity index is 1.75. The van der Waals surface area contributed by atoms with Crippen LogP contribution in [0.3, 0.4) is 0 Å². The maximum atomic E-state index is 5.62. The molecule has 21 heavy (non-hydrogen) atoms. The maximum Gasteiger partial charge on any atom is 0.0619 e. The van der Waals surface area contributed by atoms with Crippen LogP contribution in [0.1, 0.15) is 37.7 Å². The van der Waals surface area contributed by atoms with Crippen molar-refractivity contribution in [3.05, 3.63) is 35.9 Å². The number of rotatable bonds is 3. The fraction of sp³-hybridized carbons (Fsp3) is 0.667. The van der Waals surface area contributed by atoms with E-state index >= 15 is 0 Å². The van der Waals surface area contributed by atoms with Crippen molar-refractivity contribution in [3.8, 4) is 0 Å². The van der Waals surface area contributed by atoms with Gasteiger partial charge in [0.1, 0.15) is 0 Å². The van der Waals surface area contributed by atoms with Crippen LogP contribution in [-0.2, 0) is 4.74 Å². The second-order valence-corrected chi connectivity index (χ2v) is 6.54. The van der Waals surface area contributed by atoms with Gasteiger partial charge in [-0.2, -0.15) is 0 Å². The fourth-order valence-corrected chi connectivity index (χ4v) is 4.11. The molecule has 1 aliphatic carbocycles. The highest BCUT2D eigenvalue weighted by Crippen LogP contribution is 2.36. The highest BCUT2D eigenvalue weighted by molar-refractivity contribution is 5.21. The van der Waals surface area contributed by atoms with Crippen molar-refractivity contribution < 1.29 is 4.74 Å². The third-order valence-corrected chi connectivity index (χ3v) is 5.30. The first kappa shape index (κ1) is 15.0. The maximum absolute atomic E-state index is 5.62. The summed E-state index contributed by atoms with van der Waals surface area (Å²) in [6.45, 7) is 5.14. The van der Waals surface area contributed by atoms with E-state index < -0.39 is 0 Å². The lowest BCUT2D eigenvalue weighted by Gasteiger charge is -2.47. The molecule has 1 saturated heterocycles. The molecule has 0 amide bonds. The number of nitrogens with zero attached hydrogens (tertiary/aromatic N) is 1. The summed E-state index contributed by atoms with van der Waals surface area (Å²) in [5.74, 6) is 0.704. The minimum Gasteiger partial charge on any atom is -0.379 e. The summed E-state index contributed by atoms with van der Waals surface area (Å²) in [5.41, 5.74) is 1.51. The third kappa shape index (κ3) is 3.31. The van der Waals surface area contributed by atoms with Crippen LogP contribution in [0.25, 0.3) is 0 Å². The number of ether oxygens (including phenoxy) is 1. The van der Waals surface area contributed by atoms with Crippen molar-refractivity contribution in [2.24, 2.45) is 0 Å². The summed E-state index contributed by atoms with van der Waals surface area (Å²) >= 11 is 0. The van der Waals surface area contributed by atoms with Crippen molar-refractivity contribution in [1.82, 2.24) is 10.2 Å². The van der Waals surface area contributed by atoms with Crippen LogP contribution in [0.2, 0.25) is 0 Å². The van der Waals surface area contributed by atoms with E-state index in [0.717, 1.165) is 19.8 Å². The molecule has 0 aromatic heterocycles. The SMILES string of the molecule is CNC1CCC(c2ccccc2)CC1N1CCOCC1C. The van der Waals surface area contributed by atoms with E-state index in [1.165, 1.54) is 24.8 Å². The van der Waals surface area contributed by atoms with Gasteiger partial charge in [0, 0.05) is 24.7 Å². The highest BCUT2D eigenvalue weighted by atomic mass is 16.5. The van der Waals surface area contributed by atoms with Crippen molar-refractivity contribution in [3.63, 3.8) is 0 Å². The predicted molar refractivity (Wildman–Crippen MR) is 86.7 cm³/mol. The molecule has 1 aliphatic heterocycles. The first-order valence-corrected chi connectivity index (χ1v) is 8.35. The van der Waals surface area contributed by atoms with Gasteiger partial charge in [0.15, 0.2) is 0 Å². The molecule has 1 heterocycles. The lowest BCUT2D eigenvalue weighted by atomic mass is 9.77. The van der Waals surface area contributed by atoms with Crippen LogP contribution >= 0.6 is 0 Å². The predicted octanol–water partition coefficient (Wildman–Crippen LogP) is 2.63. The van der Waals surface area contributed by atoms with Gasteiger partial charge < -0.3 is 10.1 Å². The summed E-state index contributed by atoms with van der Waals surface area (Å²) in [4.78, 5) is 2.68. The average molecular weight is 288 g/mol. The Morgan fingerprint density at radius 1 is 1.19 bits per heavy atom. The zero-order chi connectivity index (χ0) is 14.7. The Hall–Kier alpha value is -0.900. The molecule has 1 saturated carbocycles. The Kier molecular flexibility index (Phi) is 4.94. The molecule has 2 aliphatic rings. The van der Waals surface area contributed by atoms with Crippen molar-refractivity contribution in [2.75, 3.05) is 26.8 Å². The molecular formula is C18H28N2O. The van der Waals surface area contributed by atoms with Gasteiger partial charge in [-0.1, -0.05) is 30.3 Å². The number of benzene rings is 1. The quantitative estimate of drug-likeness (QED) is 0.925.